The molecule has 0 aromatic heterocycles. The lowest BCUT2D eigenvalue weighted by molar-refractivity contribution is -0.237. The highest BCUT2D eigenvalue weighted by Crippen LogP contribution is 2.32. The van der Waals surface area contributed by atoms with Crippen molar-refractivity contribution >= 4 is 5.91 Å². The van der Waals surface area contributed by atoms with Crippen molar-refractivity contribution < 1.29 is 27.8 Å². The Labute approximate surface area is 103 Å². The first kappa shape index (κ1) is 14.8. The SMILES string of the molecule is CCO/C=C/[C@@](O)(CNC(=O)C1CC1)C(F)(F)F. The summed E-state index contributed by atoms with van der Waals surface area (Å²) >= 11 is 0. The highest BCUT2D eigenvalue weighted by molar-refractivity contribution is 5.80. The summed E-state index contributed by atoms with van der Waals surface area (Å²) in [6, 6.07) is 0. The summed E-state index contributed by atoms with van der Waals surface area (Å²) in [5.74, 6) is -0.666. The molecule has 1 aliphatic rings. The van der Waals surface area contributed by atoms with Gasteiger partial charge in [0.2, 0.25) is 5.91 Å². The summed E-state index contributed by atoms with van der Waals surface area (Å²) in [5.41, 5.74) is -3.10. The van der Waals surface area contributed by atoms with Crippen LogP contribution in [0.5, 0.6) is 0 Å². The Hall–Kier alpha value is -1.24. The molecular weight excluding hydrogens is 251 g/mol. The van der Waals surface area contributed by atoms with E-state index in [-0.39, 0.29) is 12.5 Å². The molecule has 0 aromatic rings. The predicted octanol–water partition coefficient (Wildman–Crippen LogP) is 1.36. The number of hydrogen-bond acceptors (Lipinski definition) is 3. The Balaban J connectivity index is 2.61. The number of hydrogen-bond donors (Lipinski definition) is 2. The molecule has 1 atom stereocenters. The normalized spacial score (nSPS) is 19.6. The molecule has 18 heavy (non-hydrogen) atoms. The van der Waals surface area contributed by atoms with Gasteiger partial charge in [0.25, 0.3) is 0 Å². The second-order valence-electron chi connectivity index (χ2n) is 4.17. The highest BCUT2D eigenvalue weighted by atomic mass is 19.4. The molecule has 2 N–H and O–H groups in total. The van der Waals surface area contributed by atoms with Crippen LogP contribution in [0.25, 0.3) is 0 Å². The van der Waals surface area contributed by atoms with Gasteiger partial charge in [-0.3, -0.25) is 4.79 Å². The Bertz CT molecular complexity index is 326. The summed E-state index contributed by atoms with van der Waals surface area (Å²) in [6.07, 6.45) is -2.21. The molecule has 1 amide bonds. The lowest BCUT2D eigenvalue weighted by atomic mass is 10.0. The molecule has 4 nitrogen and oxygen atoms in total. The van der Waals surface area contributed by atoms with Crippen molar-refractivity contribution in [2.24, 2.45) is 5.92 Å². The average molecular weight is 267 g/mol. The third-order valence-electron chi connectivity index (χ3n) is 2.58. The molecule has 1 rings (SSSR count). The first-order valence-electron chi connectivity index (χ1n) is 5.66. The van der Waals surface area contributed by atoms with E-state index in [0.29, 0.717) is 18.9 Å². The average Bonchev–Trinajstić information content (AvgIpc) is 3.08. The molecule has 0 radical (unpaired) electrons. The largest absolute Gasteiger partial charge is 0.502 e. The fourth-order valence-corrected chi connectivity index (χ4v) is 1.22. The molecule has 1 saturated carbocycles. The van der Waals surface area contributed by atoms with Gasteiger partial charge in [0, 0.05) is 5.92 Å². The molecule has 0 heterocycles. The smallest absolute Gasteiger partial charge is 0.422 e. The molecule has 1 aliphatic carbocycles. The van der Waals surface area contributed by atoms with E-state index in [0.717, 1.165) is 6.26 Å². The summed E-state index contributed by atoms with van der Waals surface area (Å²) in [7, 11) is 0. The molecule has 0 aromatic carbocycles. The van der Waals surface area contributed by atoms with E-state index in [9.17, 15) is 23.1 Å². The van der Waals surface area contributed by atoms with Gasteiger partial charge in [0.15, 0.2) is 5.60 Å². The van der Waals surface area contributed by atoms with Crippen LogP contribution >= 0.6 is 0 Å². The van der Waals surface area contributed by atoms with Crippen LogP contribution in [0.2, 0.25) is 0 Å². The second kappa shape index (κ2) is 5.60. The van der Waals surface area contributed by atoms with Crippen LogP contribution in [-0.4, -0.2) is 35.9 Å². The number of halogens is 3. The Morgan fingerprint density at radius 2 is 2.11 bits per heavy atom. The number of aliphatic hydroxyl groups is 1. The Morgan fingerprint density at radius 1 is 1.50 bits per heavy atom. The maximum Gasteiger partial charge on any atom is 0.422 e. The van der Waals surface area contributed by atoms with Gasteiger partial charge in [-0.25, -0.2) is 0 Å². The molecule has 0 aliphatic heterocycles. The van der Waals surface area contributed by atoms with E-state index in [2.05, 4.69) is 10.1 Å². The highest BCUT2D eigenvalue weighted by Gasteiger charge is 2.52. The van der Waals surface area contributed by atoms with Crippen LogP contribution < -0.4 is 5.32 Å². The van der Waals surface area contributed by atoms with E-state index in [1.54, 1.807) is 6.92 Å². The Kier molecular flexibility index (Phi) is 4.61. The minimum Gasteiger partial charge on any atom is -0.502 e. The number of rotatable bonds is 6. The maximum atomic E-state index is 12.7. The van der Waals surface area contributed by atoms with Crippen molar-refractivity contribution in [1.29, 1.82) is 0 Å². The number of ether oxygens (including phenoxy) is 1. The molecule has 7 heteroatoms. The minimum absolute atomic E-state index is 0.193. The fraction of sp³-hybridized carbons (Fsp3) is 0.727. The van der Waals surface area contributed by atoms with Gasteiger partial charge in [-0.05, 0) is 25.8 Å². The lowest BCUT2D eigenvalue weighted by Gasteiger charge is -2.27. The van der Waals surface area contributed by atoms with E-state index in [4.69, 9.17) is 0 Å². The van der Waals surface area contributed by atoms with Crippen molar-refractivity contribution in [3.63, 3.8) is 0 Å². The molecule has 0 saturated heterocycles. The van der Waals surface area contributed by atoms with Crippen molar-refractivity contribution in [2.75, 3.05) is 13.2 Å². The van der Waals surface area contributed by atoms with Crippen LogP contribution in [0, 0.1) is 5.92 Å². The van der Waals surface area contributed by atoms with Crippen LogP contribution in [0.3, 0.4) is 0 Å². The van der Waals surface area contributed by atoms with Crippen LogP contribution in [-0.2, 0) is 9.53 Å². The molecule has 104 valence electrons. The first-order chi connectivity index (χ1) is 8.30. The minimum atomic E-state index is -4.88. The zero-order chi connectivity index (χ0) is 13.8. The zero-order valence-corrected chi connectivity index (χ0v) is 9.96. The van der Waals surface area contributed by atoms with Crippen LogP contribution in [0.15, 0.2) is 12.3 Å². The fourth-order valence-electron chi connectivity index (χ4n) is 1.22. The molecule has 0 bridgehead atoms. The van der Waals surface area contributed by atoms with Gasteiger partial charge in [-0.1, -0.05) is 0 Å². The number of alkyl halides is 3. The van der Waals surface area contributed by atoms with Gasteiger partial charge < -0.3 is 15.2 Å². The number of amides is 1. The maximum absolute atomic E-state index is 12.7. The van der Waals surface area contributed by atoms with Crippen molar-refractivity contribution in [1.82, 2.24) is 5.32 Å². The summed E-state index contributed by atoms with van der Waals surface area (Å²) < 4.78 is 42.7. The van der Waals surface area contributed by atoms with Crippen LogP contribution in [0.4, 0.5) is 13.2 Å². The predicted molar refractivity (Wildman–Crippen MR) is 57.5 cm³/mol. The van der Waals surface area contributed by atoms with Gasteiger partial charge in [-0.15, -0.1) is 0 Å². The molecular formula is C11H16F3NO3. The van der Waals surface area contributed by atoms with E-state index >= 15 is 0 Å². The van der Waals surface area contributed by atoms with Crippen molar-refractivity contribution in [2.45, 2.75) is 31.5 Å². The summed E-state index contributed by atoms with van der Waals surface area (Å²) in [6.45, 7) is 0.889. The van der Waals surface area contributed by atoms with Crippen molar-refractivity contribution in [3.8, 4) is 0 Å². The quantitative estimate of drug-likeness (QED) is 0.714. The monoisotopic (exact) mass is 267 g/mol. The van der Waals surface area contributed by atoms with E-state index in [1.807, 2.05) is 0 Å². The lowest BCUT2D eigenvalue weighted by Crippen LogP contribution is -2.52. The first-order valence-corrected chi connectivity index (χ1v) is 5.66. The zero-order valence-electron chi connectivity index (χ0n) is 9.96. The third kappa shape index (κ3) is 3.90. The molecule has 0 spiro atoms. The van der Waals surface area contributed by atoms with Gasteiger partial charge in [0.1, 0.15) is 0 Å². The number of nitrogens with one attached hydrogen (secondary N) is 1. The standard InChI is InChI=1S/C11H16F3NO3/c1-2-18-6-5-10(17,11(12,13)14)7-15-9(16)8-3-4-8/h5-6,8,17H,2-4,7H2,1H3,(H,15,16)/b6-5+/t10-/m1/s1. The number of carbonyl (C=O) groups excluding carboxylic acids is 1. The van der Waals surface area contributed by atoms with Gasteiger partial charge >= 0.3 is 6.18 Å². The molecule has 1 fully saturated rings. The summed E-state index contributed by atoms with van der Waals surface area (Å²) in [5, 5.41) is 11.6. The summed E-state index contributed by atoms with van der Waals surface area (Å²) in [4.78, 5) is 11.3. The van der Waals surface area contributed by atoms with E-state index < -0.39 is 24.2 Å². The van der Waals surface area contributed by atoms with Gasteiger partial charge in [0.05, 0.1) is 19.4 Å². The van der Waals surface area contributed by atoms with Crippen molar-refractivity contribution in [3.05, 3.63) is 12.3 Å². The number of carbonyl (C=O) groups is 1. The third-order valence-corrected chi connectivity index (χ3v) is 2.58. The van der Waals surface area contributed by atoms with Gasteiger partial charge in [-0.2, -0.15) is 13.2 Å². The molecule has 0 unspecified atom stereocenters. The second-order valence-corrected chi connectivity index (χ2v) is 4.17. The van der Waals surface area contributed by atoms with Crippen LogP contribution in [0.1, 0.15) is 19.8 Å². The topological polar surface area (TPSA) is 58.6 Å². The van der Waals surface area contributed by atoms with E-state index in [1.165, 1.54) is 0 Å². The Morgan fingerprint density at radius 3 is 2.56 bits per heavy atom.